The van der Waals surface area contributed by atoms with Crippen LogP contribution in [0.15, 0.2) is 0 Å². The molecule has 0 spiro atoms. The van der Waals surface area contributed by atoms with Crippen molar-refractivity contribution < 1.29 is 27.9 Å². The number of nitrogens with zero attached hydrogens (tertiary/aromatic N) is 1. The fourth-order valence-electron chi connectivity index (χ4n) is 3.39. The van der Waals surface area contributed by atoms with Gasteiger partial charge in [-0.1, -0.05) is 6.92 Å². The van der Waals surface area contributed by atoms with E-state index in [1.165, 1.54) is 4.90 Å². The first-order valence-electron chi connectivity index (χ1n) is 7.28. The molecule has 2 aliphatic rings. The molecule has 2 atom stereocenters. The van der Waals surface area contributed by atoms with Crippen LogP contribution in [0.2, 0.25) is 0 Å². The maximum Gasteiger partial charge on any atom is 0.391 e. The lowest BCUT2D eigenvalue weighted by molar-refractivity contribution is -0.185. The number of hydrogen-bond acceptors (Lipinski definition) is 2. The van der Waals surface area contributed by atoms with Gasteiger partial charge in [-0.2, -0.15) is 13.2 Å². The normalized spacial score (nSPS) is 34.0. The zero-order valence-electron chi connectivity index (χ0n) is 11.9. The Balaban J connectivity index is 1.90. The summed E-state index contributed by atoms with van der Waals surface area (Å²) in [6, 6.07) is 0. The van der Waals surface area contributed by atoms with Gasteiger partial charge in [0, 0.05) is 19.0 Å². The Labute approximate surface area is 121 Å². The van der Waals surface area contributed by atoms with Crippen LogP contribution in [0.3, 0.4) is 0 Å². The quantitative estimate of drug-likeness (QED) is 0.853. The van der Waals surface area contributed by atoms with E-state index >= 15 is 0 Å². The van der Waals surface area contributed by atoms with Crippen molar-refractivity contribution in [1.82, 2.24) is 4.90 Å². The predicted molar refractivity (Wildman–Crippen MR) is 68.4 cm³/mol. The number of carboxylic acid groups (broad SMARTS) is 1. The Morgan fingerprint density at radius 1 is 1.10 bits per heavy atom. The summed E-state index contributed by atoms with van der Waals surface area (Å²) in [6.07, 6.45) is -3.71. The highest BCUT2D eigenvalue weighted by molar-refractivity contribution is 5.81. The van der Waals surface area contributed by atoms with Gasteiger partial charge in [0.15, 0.2) is 0 Å². The molecule has 0 aromatic rings. The minimum atomic E-state index is -4.18. The molecule has 4 nitrogen and oxygen atoms in total. The van der Waals surface area contributed by atoms with Crippen molar-refractivity contribution in [3.05, 3.63) is 0 Å². The number of alkyl halides is 3. The third kappa shape index (κ3) is 3.49. The molecule has 1 saturated carbocycles. The molecule has 1 amide bonds. The van der Waals surface area contributed by atoms with Gasteiger partial charge >= 0.3 is 12.1 Å². The molecule has 0 radical (unpaired) electrons. The van der Waals surface area contributed by atoms with Gasteiger partial charge in [0.2, 0.25) is 5.91 Å². The maximum atomic E-state index is 12.6. The average molecular weight is 307 g/mol. The van der Waals surface area contributed by atoms with Crippen LogP contribution in [0.4, 0.5) is 13.2 Å². The molecule has 1 aliphatic heterocycles. The standard InChI is InChI=1S/C14H20F3NO3/c1-8-6-18(7-11(8)13(20)21)12(19)9-2-4-10(5-3-9)14(15,16)17/h8-11H,2-7H2,1H3,(H,20,21)/t8-,9?,10?,11-/m1/s1. The number of rotatable bonds is 2. The van der Waals surface area contributed by atoms with Gasteiger partial charge in [0.25, 0.3) is 0 Å². The number of hydrogen-bond donors (Lipinski definition) is 1. The van der Waals surface area contributed by atoms with Gasteiger partial charge in [-0.25, -0.2) is 0 Å². The number of halogens is 3. The summed E-state index contributed by atoms with van der Waals surface area (Å²) >= 11 is 0. The third-order valence-electron chi connectivity index (χ3n) is 4.78. The van der Waals surface area contributed by atoms with Gasteiger partial charge in [0.05, 0.1) is 11.8 Å². The Morgan fingerprint density at radius 3 is 2.10 bits per heavy atom. The average Bonchev–Trinajstić information content (AvgIpc) is 2.79. The van der Waals surface area contributed by atoms with Crippen LogP contribution in [0.25, 0.3) is 0 Å². The highest BCUT2D eigenvalue weighted by Gasteiger charge is 2.44. The van der Waals surface area contributed by atoms with E-state index in [1.807, 2.05) is 0 Å². The molecule has 1 N–H and O–H groups in total. The molecule has 0 aromatic carbocycles. The fraction of sp³-hybridized carbons (Fsp3) is 0.857. The Morgan fingerprint density at radius 2 is 1.67 bits per heavy atom. The first-order chi connectivity index (χ1) is 9.70. The summed E-state index contributed by atoms with van der Waals surface area (Å²) in [6.45, 7) is 2.34. The van der Waals surface area contributed by atoms with Crippen molar-refractivity contribution in [3.63, 3.8) is 0 Å². The summed E-state index contributed by atoms with van der Waals surface area (Å²) in [5, 5.41) is 9.05. The van der Waals surface area contributed by atoms with Crippen LogP contribution in [0.1, 0.15) is 32.6 Å². The zero-order valence-corrected chi connectivity index (χ0v) is 11.9. The number of carboxylic acids is 1. The van der Waals surface area contributed by atoms with Gasteiger partial charge in [-0.15, -0.1) is 0 Å². The Hall–Kier alpha value is -1.27. The monoisotopic (exact) mass is 307 g/mol. The van der Waals surface area contributed by atoms with Gasteiger partial charge in [-0.05, 0) is 31.6 Å². The highest BCUT2D eigenvalue weighted by Crippen LogP contribution is 2.40. The largest absolute Gasteiger partial charge is 0.481 e. The lowest BCUT2D eigenvalue weighted by atomic mass is 9.81. The summed E-state index contributed by atoms with van der Waals surface area (Å²) in [7, 11) is 0. The minimum Gasteiger partial charge on any atom is -0.481 e. The predicted octanol–water partition coefficient (Wildman–Crippen LogP) is 2.53. The number of carbonyl (C=O) groups is 2. The first-order valence-corrected chi connectivity index (χ1v) is 7.28. The second-order valence-corrected chi connectivity index (χ2v) is 6.26. The molecule has 1 heterocycles. The van der Waals surface area contributed by atoms with Crippen LogP contribution in [-0.4, -0.2) is 41.1 Å². The van der Waals surface area contributed by atoms with Crippen molar-refractivity contribution in [2.24, 2.45) is 23.7 Å². The van der Waals surface area contributed by atoms with Crippen molar-refractivity contribution in [3.8, 4) is 0 Å². The zero-order chi connectivity index (χ0) is 15.8. The van der Waals surface area contributed by atoms with Crippen LogP contribution >= 0.6 is 0 Å². The van der Waals surface area contributed by atoms with E-state index in [4.69, 9.17) is 5.11 Å². The van der Waals surface area contributed by atoms with Crippen LogP contribution < -0.4 is 0 Å². The van der Waals surface area contributed by atoms with E-state index in [0.717, 1.165) is 0 Å². The number of likely N-dealkylation sites (tertiary alicyclic amines) is 1. The second-order valence-electron chi connectivity index (χ2n) is 6.26. The van der Waals surface area contributed by atoms with Crippen molar-refractivity contribution in [1.29, 1.82) is 0 Å². The van der Waals surface area contributed by atoms with E-state index in [0.29, 0.717) is 6.54 Å². The summed E-state index contributed by atoms with van der Waals surface area (Å²) in [5.74, 6) is -3.46. The van der Waals surface area contributed by atoms with E-state index in [-0.39, 0.29) is 50.0 Å². The van der Waals surface area contributed by atoms with Crippen molar-refractivity contribution in [2.75, 3.05) is 13.1 Å². The Kier molecular flexibility index (Phi) is 4.49. The van der Waals surface area contributed by atoms with Gasteiger partial charge in [0.1, 0.15) is 0 Å². The molecule has 0 unspecified atom stereocenters. The fourth-order valence-corrected chi connectivity index (χ4v) is 3.39. The molecule has 1 aliphatic carbocycles. The Bertz CT molecular complexity index is 416. The molecule has 0 aromatic heterocycles. The lowest BCUT2D eigenvalue weighted by Crippen LogP contribution is -2.38. The summed E-state index contributed by atoms with van der Waals surface area (Å²) in [4.78, 5) is 24.9. The van der Waals surface area contributed by atoms with Crippen molar-refractivity contribution in [2.45, 2.75) is 38.8 Å². The van der Waals surface area contributed by atoms with E-state index in [9.17, 15) is 22.8 Å². The minimum absolute atomic E-state index is 0.00827. The molecule has 2 fully saturated rings. The molecule has 2 rings (SSSR count). The molecule has 7 heteroatoms. The van der Waals surface area contributed by atoms with Crippen LogP contribution in [0.5, 0.6) is 0 Å². The number of carbonyl (C=O) groups excluding carboxylic acids is 1. The smallest absolute Gasteiger partial charge is 0.391 e. The number of aliphatic carboxylic acids is 1. The topological polar surface area (TPSA) is 57.6 Å². The molecular weight excluding hydrogens is 287 g/mol. The first kappa shape index (κ1) is 16.1. The van der Waals surface area contributed by atoms with E-state index in [2.05, 4.69) is 0 Å². The van der Waals surface area contributed by atoms with Gasteiger partial charge in [-0.3, -0.25) is 9.59 Å². The molecule has 0 bridgehead atoms. The van der Waals surface area contributed by atoms with E-state index in [1.54, 1.807) is 6.92 Å². The van der Waals surface area contributed by atoms with Gasteiger partial charge < -0.3 is 10.0 Å². The molecule has 120 valence electrons. The summed E-state index contributed by atoms with van der Waals surface area (Å²) < 4.78 is 37.8. The second kappa shape index (κ2) is 5.85. The highest BCUT2D eigenvalue weighted by atomic mass is 19.4. The molecule has 21 heavy (non-hydrogen) atoms. The maximum absolute atomic E-state index is 12.6. The lowest BCUT2D eigenvalue weighted by Gasteiger charge is -2.31. The SMILES string of the molecule is C[C@@H]1CN(C(=O)C2CCC(C(F)(F)F)CC2)C[C@H]1C(=O)O. The third-order valence-corrected chi connectivity index (χ3v) is 4.78. The van der Waals surface area contributed by atoms with Crippen LogP contribution in [-0.2, 0) is 9.59 Å². The number of amides is 1. The molecular formula is C14H20F3NO3. The van der Waals surface area contributed by atoms with Crippen LogP contribution in [0, 0.1) is 23.7 Å². The van der Waals surface area contributed by atoms with E-state index < -0.39 is 24.0 Å². The summed E-state index contributed by atoms with van der Waals surface area (Å²) in [5.41, 5.74) is 0. The molecule has 1 saturated heterocycles. The van der Waals surface area contributed by atoms with Crippen molar-refractivity contribution >= 4 is 11.9 Å².